The highest BCUT2D eigenvalue weighted by atomic mass is 35.5. The molecule has 1 aliphatic rings. The summed E-state index contributed by atoms with van der Waals surface area (Å²) >= 11 is 5.65. The van der Waals surface area contributed by atoms with Gasteiger partial charge >= 0.3 is 0 Å². The molecule has 2 N–H and O–H groups in total. The zero-order chi connectivity index (χ0) is 16.1. The smallest absolute Gasteiger partial charge is 0.254 e. The molecule has 1 amide bonds. The van der Waals surface area contributed by atoms with E-state index < -0.39 is 17.8 Å². The number of likely N-dealkylation sites (tertiary alicyclic amines) is 1. The van der Waals surface area contributed by atoms with E-state index in [4.69, 9.17) is 11.6 Å². The lowest BCUT2D eigenvalue weighted by Gasteiger charge is -2.31. The Morgan fingerprint density at radius 1 is 1.50 bits per heavy atom. The maximum atomic E-state index is 13.6. The highest BCUT2D eigenvalue weighted by Crippen LogP contribution is 2.16. The van der Waals surface area contributed by atoms with Crippen molar-refractivity contribution in [2.75, 3.05) is 26.2 Å². The van der Waals surface area contributed by atoms with Gasteiger partial charge in [0.25, 0.3) is 5.91 Å². The first-order valence-electron chi connectivity index (χ1n) is 7.59. The van der Waals surface area contributed by atoms with Crippen LogP contribution < -0.4 is 5.32 Å². The van der Waals surface area contributed by atoms with Crippen molar-refractivity contribution < 1.29 is 14.3 Å². The van der Waals surface area contributed by atoms with E-state index >= 15 is 0 Å². The molecule has 1 unspecified atom stereocenters. The molecule has 122 valence electrons. The van der Waals surface area contributed by atoms with Gasteiger partial charge in [-0.25, -0.2) is 4.39 Å². The Bertz CT molecular complexity index is 519. The van der Waals surface area contributed by atoms with Crippen LogP contribution in [0.5, 0.6) is 0 Å². The maximum Gasteiger partial charge on any atom is 0.254 e. The predicted molar refractivity (Wildman–Crippen MR) is 84.6 cm³/mol. The van der Waals surface area contributed by atoms with Crippen molar-refractivity contribution in [3.05, 3.63) is 34.6 Å². The van der Waals surface area contributed by atoms with E-state index in [1.54, 1.807) is 0 Å². The van der Waals surface area contributed by atoms with Crippen LogP contribution in [-0.4, -0.2) is 48.2 Å². The fraction of sp³-hybridized carbons (Fsp3) is 0.562. The number of β-amino-alcohol motifs (C(OH)–C–C–N with tert-alkyl or cyclic N) is 1. The van der Waals surface area contributed by atoms with Gasteiger partial charge in [-0.2, -0.15) is 0 Å². The summed E-state index contributed by atoms with van der Waals surface area (Å²) < 4.78 is 13.6. The van der Waals surface area contributed by atoms with Crippen LogP contribution in [0.15, 0.2) is 18.2 Å². The molecule has 0 saturated carbocycles. The van der Waals surface area contributed by atoms with Crippen LogP contribution in [0.3, 0.4) is 0 Å². The number of piperidine rings is 1. The van der Waals surface area contributed by atoms with Gasteiger partial charge in [-0.3, -0.25) is 4.79 Å². The van der Waals surface area contributed by atoms with Crippen molar-refractivity contribution in [3.8, 4) is 0 Å². The second-order valence-electron chi connectivity index (χ2n) is 5.97. The van der Waals surface area contributed by atoms with Gasteiger partial charge in [-0.15, -0.1) is 0 Å². The van der Waals surface area contributed by atoms with Crippen molar-refractivity contribution in [2.45, 2.75) is 25.9 Å². The van der Waals surface area contributed by atoms with Gasteiger partial charge in [0.05, 0.1) is 11.7 Å². The number of benzene rings is 1. The van der Waals surface area contributed by atoms with Crippen molar-refractivity contribution in [1.82, 2.24) is 10.2 Å². The third-order valence-electron chi connectivity index (χ3n) is 4.02. The SMILES string of the molecule is CC1CCN(CC(O)CNC(=O)c2ccc(Cl)cc2F)CC1. The van der Waals surface area contributed by atoms with Crippen LogP contribution in [-0.2, 0) is 0 Å². The third kappa shape index (κ3) is 4.93. The largest absolute Gasteiger partial charge is 0.390 e. The molecule has 22 heavy (non-hydrogen) atoms. The molecular formula is C16H22ClFN2O2. The Morgan fingerprint density at radius 2 is 2.18 bits per heavy atom. The number of carbonyl (C=O) groups is 1. The van der Waals surface area contributed by atoms with Crippen molar-refractivity contribution in [1.29, 1.82) is 0 Å². The summed E-state index contributed by atoms with van der Waals surface area (Å²) in [6, 6.07) is 3.90. The summed E-state index contributed by atoms with van der Waals surface area (Å²) in [5, 5.41) is 12.8. The van der Waals surface area contributed by atoms with Crippen LogP contribution in [0.1, 0.15) is 30.1 Å². The third-order valence-corrected chi connectivity index (χ3v) is 4.25. The standard InChI is InChI=1S/C16H22ClFN2O2/c1-11-4-6-20(7-5-11)10-13(21)9-19-16(22)14-3-2-12(17)8-15(14)18/h2-3,8,11,13,21H,4-7,9-10H2,1H3,(H,19,22). The van der Waals surface area contributed by atoms with Crippen molar-refractivity contribution in [3.63, 3.8) is 0 Å². The average Bonchev–Trinajstić information content (AvgIpc) is 2.47. The molecule has 1 saturated heterocycles. The zero-order valence-electron chi connectivity index (χ0n) is 12.7. The fourth-order valence-electron chi connectivity index (χ4n) is 2.59. The van der Waals surface area contributed by atoms with Crippen LogP contribution in [0, 0.1) is 11.7 Å². The molecule has 4 nitrogen and oxygen atoms in total. The monoisotopic (exact) mass is 328 g/mol. The fourth-order valence-corrected chi connectivity index (χ4v) is 2.75. The number of amides is 1. The second kappa shape index (κ2) is 7.90. The molecule has 0 bridgehead atoms. The van der Waals surface area contributed by atoms with Gasteiger partial charge in [0.1, 0.15) is 5.82 Å². The Labute approximate surface area is 135 Å². The number of nitrogens with zero attached hydrogens (tertiary/aromatic N) is 1. The molecule has 1 aromatic carbocycles. The summed E-state index contributed by atoms with van der Waals surface area (Å²) in [6.07, 6.45) is 1.61. The van der Waals surface area contributed by atoms with Crippen molar-refractivity contribution >= 4 is 17.5 Å². The Hall–Kier alpha value is -1.17. The quantitative estimate of drug-likeness (QED) is 0.872. The van der Waals surface area contributed by atoms with Crippen LogP contribution in [0.2, 0.25) is 5.02 Å². The van der Waals surface area contributed by atoms with Crippen LogP contribution in [0.25, 0.3) is 0 Å². The lowest BCUT2D eigenvalue weighted by atomic mass is 9.99. The van der Waals surface area contributed by atoms with Crippen LogP contribution in [0.4, 0.5) is 4.39 Å². The van der Waals surface area contributed by atoms with E-state index in [2.05, 4.69) is 17.1 Å². The lowest BCUT2D eigenvalue weighted by Crippen LogP contribution is -2.43. The topological polar surface area (TPSA) is 52.6 Å². The van der Waals surface area contributed by atoms with Gasteiger partial charge in [-0.1, -0.05) is 18.5 Å². The minimum absolute atomic E-state index is 0.0663. The summed E-state index contributed by atoms with van der Waals surface area (Å²) in [5.41, 5.74) is -0.0663. The van der Waals surface area contributed by atoms with E-state index in [1.165, 1.54) is 12.1 Å². The molecule has 6 heteroatoms. The first-order chi connectivity index (χ1) is 10.5. The Morgan fingerprint density at radius 3 is 2.82 bits per heavy atom. The molecule has 2 rings (SSSR count). The molecule has 1 fully saturated rings. The molecule has 0 radical (unpaired) electrons. The van der Waals surface area contributed by atoms with Crippen LogP contribution >= 0.6 is 11.6 Å². The maximum absolute atomic E-state index is 13.6. The highest BCUT2D eigenvalue weighted by Gasteiger charge is 2.19. The summed E-state index contributed by atoms with van der Waals surface area (Å²) in [5.74, 6) is -0.467. The molecule has 1 atom stereocenters. The van der Waals surface area contributed by atoms with E-state index in [9.17, 15) is 14.3 Å². The molecule has 1 heterocycles. The number of carbonyl (C=O) groups excluding carboxylic acids is 1. The molecule has 0 aromatic heterocycles. The van der Waals surface area contributed by atoms with E-state index in [1.807, 2.05) is 0 Å². The summed E-state index contributed by atoms with van der Waals surface area (Å²) in [6.45, 7) is 4.80. The number of rotatable bonds is 5. The van der Waals surface area contributed by atoms with Gasteiger partial charge in [0.15, 0.2) is 0 Å². The molecule has 1 aromatic rings. The average molecular weight is 329 g/mol. The predicted octanol–water partition coefficient (Wildman–Crippen LogP) is 2.30. The summed E-state index contributed by atoms with van der Waals surface area (Å²) in [4.78, 5) is 14.1. The minimum atomic E-state index is -0.662. The minimum Gasteiger partial charge on any atom is -0.390 e. The van der Waals surface area contributed by atoms with Gasteiger partial charge in [-0.05, 0) is 50.0 Å². The van der Waals surface area contributed by atoms with E-state index in [0.29, 0.717) is 6.54 Å². The molecular weight excluding hydrogens is 307 g/mol. The molecule has 1 aliphatic heterocycles. The zero-order valence-corrected chi connectivity index (χ0v) is 13.4. The van der Waals surface area contributed by atoms with Gasteiger partial charge in [0, 0.05) is 18.1 Å². The molecule has 0 aliphatic carbocycles. The number of aliphatic hydroxyl groups excluding tert-OH is 1. The number of hydrogen-bond donors (Lipinski definition) is 2. The second-order valence-corrected chi connectivity index (χ2v) is 6.41. The number of aliphatic hydroxyl groups is 1. The van der Waals surface area contributed by atoms with Crippen molar-refractivity contribution in [2.24, 2.45) is 5.92 Å². The van der Waals surface area contributed by atoms with E-state index in [0.717, 1.165) is 37.9 Å². The van der Waals surface area contributed by atoms with Gasteiger partial charge < -0.3 is 15.3 Å². The normalized spacial score (nSPS) is 18.2. The first kappa shape index (κ1) is 17.2. The molecule has 0 spiro atoms. The van der Waals surface area contributed by atoms with E-state index in [-0.39, 0.29) is 17.1 Å². The highest BCUT2D eigenvalue weighted by molar-refractivity contribution is 6.30. The Kier molecular flexibility index (Phi) is 6.17. The van der Waals surface area contributed by atoms with Gasteiger partial charge in [0.2, 0.25) is 0 Å². The Balaban J connectivity index is 1.78. The lowest BCUT2D eigenvalue weighted by molar-refractivity contribution is 0.0793. The number of nitrogens with one attached hydrogen (secondary N) is 1. The first-order valence-corrected chi connectivity index (χ1v) is 7.97. The number of hydrogen-bond acceptors (Lipinski definition) is 3. The number of halogens is 2. The summed E-state index contributed by atoms with van der Waals surface area (Å²) in [7, 11) is 0.